The Balaban J connectivity index is 0.852. The molecule has 72 heavy (non-hydrogen) atoms. The normalized spacial score (nSPS) is 11.3. The number of hydrogen-bond acceptors (Lipinski definition) is 1. The Morgan fingerprint density at radius 2 is 0.611 bits per heavy atom. The molecule has 0 unspecified atom stereocenters. The predicted octanol–water partition coefficient (Wildman–Crippen LogP) is 19.4. The number of nitrogens with zero attached hydrogens (tertiary/aromatic N) is 2. The second-order valence-electron chi connectivity index (χ2n) is 18.5. The number of rotatable bonds is 10. The van der Waals surface area contributed by atoms with Crippen LogP contribution in [0.15, 0.2) is 291 Å². The Morgan fingerprint density at radius 3 is 1.15 bits per heavy atom. The van der Waals surface area contributed by atoms with Crippen LogP contribution < -0.4 is 4.90 Å². The maximum atomic E-state index is 2.38. The summed E-state index contributed by atoms with van der Waals surface area (Å²) in [6.07, 6.45) is 0. The molecule has 0 amide bonds. The van der Waals surface area contributed by atoms with Gasteiger partial charge in [-0.2, -0.15) is 0 Å². The lowest BCUT2D eigenvalue weighted by Crippen LogP contribution is -2.10. The van der Waals surface area contributed by atoms with Crippen LogP contribution >= 0.6 is 0 Å². The van der Waals surface area contributed by atoms with Gasteiger partial charge < -0.3 is 9.47 Å². The summed E-state index contributed by atoms with van der Waals surface area (Å²) in [6, 6.07) is 106. The molecule has 13 rings (SSSR count). The quantitative estimate of drug-likeness (QED) is 0.133. The molecule has 13 aromatic rings. The molecular weight excluding hydrogens is 869 g/mol. The first-order valence-electron chi connectivity index (χ1n) is 24.7. The summed E-state index contributed by atoms with van der Waals surface area (Å²) < 4.78 is 2.38. The smallest absolute Gasteiger partial charge is 0.0541 e. The third-order valence-electron chi connectivity index (χ3n) is 14.2. The average molecular weight is 917 g/mol. The Hall–Kier alpha value is -9.50. The summed E-state index contributed by atoms with van der Waals surface area (Å²) in [4.78, 5) is 2.38. The van der Waals surface area contributed by atoms with E-state index in [4.69, 9.17) is 0 Å². The van der Waals surface area contributed by atoms with Crippen molar-refractivity contribution in [3.05, 3.63) is 291 Å². The van der Waals surface area contributed by atoms with Crippen LogP contribution in [0.1, 0.15) is 0 Å². The van der Waals surface area contributed by atoms with Gasteiger partial charge in [-0.25, -0.2) is 0 Å². The topological polar surface area (TPSA) is 8.17 Å². The number of fused-ring (bicyclic) bond motifs is 4. The monoisotopic (exact) mass is 916 g/mol. The van der Waals surface area contributed by atoms with E-state index in [2.05, 4.69) is 301 Å². The van der Waals surface area contributed by atoms with Crippen molar-refractivity contribution in [1.29, 1.82) is 0 Å². The van der Waals surface area contributed by atoms with Crippen LogP contribution in [0.25, 0.3) is 105 Å². The van der Waals surface area contributed by atoms with Gasteiger partial charge in [-0.1, -0.05) is 231 Å². The van der Waals surface area contributed by atoms with Crippen molar-refractivity contribution in [2.75, 3.05) is 4.90 Å². The molecule has 0 N–H and O–H groups in total. The van der Waals surface area contributed by atoms with E-state index < -0.39 is 0 Å². The molecule has 2 heteroatoms. The zero-order chi connectivity index (χ0) is 47.8. The molecule has 2 nitrogen and oxygen atoms in total. The van der Waals surface area contributed by atoms with Gasteiger partial charge in [0.15, 0.2) is 0 Å². The minimum Gasteiger partial charge on any atom is -0.310 e. The Bertz CT molecular complexity index is 3980. The van der Waals surface area contributed by atoms with Gasteiger partial charge in [0.2, 0.25) is 0 Å². The van der Waals surface area contributed by atoms with Crippen molar-refractivity contribution in [3.8, 4) is 72.4 Å². The van der Waals surface area contributed by atoms with Gasteiger partial charge in [-0.05, 0) is 138 Å². The van der Waals surface area contributed by atoms with Crippen LogP contribution in [-0.4, -0.2) is 4.57 Å². The molecular formula is C70H48N2. The van der Waals surface area contributed by atoms with Crippen LogP contribution in [0.3, 0.4) is 0 Å². The molecule has 0 aliphatic rings. The van der Waals surface area contributed by atoms with Gasteiger partial charge >= 0.3 is 0 Å². The highest BCUT2D eigenvalue weighted by atomic mass is 15.1. The summed E-state index contributed by atoms with van der Waals surface area (Å²) in [5.74, 6) is 0. The summed E-state index contributed by atoms with van der Waals surface area (Å²) in [5, 5.41) is 5.02. The average Bonchev–Trinajstić information content (AvgIpc) is 3.80. The molecule has 0 saturated carbocycles. The summed E-state index contributed by atoms with van der Waals surface area (Å²) >= 11 is 0. The number of para-hydroxylation sites is 2. The molecule has 0 saturated heterocycles. The van der Waals surface area contributed by atoms with E-state index in [-0.39, 0.29) is 0 Å². The van der Waals surface area contributed by atoms with Gasteiger partial charge in [0.25, 0.3) is 0 Å². The second kappa shape index (κ2) is 18.4. The standard InChI is InChI=1S/C70H48N2/c1-3-15-49(16-4-1)50-31-33-51(34-32-50)52-39-43-60(44-40-52)71(61-45-41-56(42-46-61)65-28-14-20-57-19-13-27-64(70(57)65)55-17-5-2-6-18-55)62-23-11-21-58(47-62)53-35-37-54(38-36-53)59-22-12-24-63(48-59)72-68-29-9-7-25-66(68)67-26-8-10-30-69(67)72/h1-48H. The van der Waals surface area contributed by atoms with Gasteiger partial charge in [-0.3, -0.25) is 0 Å². The molecule has 338 valence electrons. The zero-order valence-electron chi connectivity index (χ0n) is 39.6. The van der Waals surface area contributed by atoms with Crippen molar-refractivity contribution < 1.29 is 0 Å². The highest BCUT2D eigenvalue weighted by Crippen LogP contribution is 2.42. The first-order chi connectivity index (χ1) is 35.7. The Morgan fingerprint density at radius 1 is 0.236 bits per heavy atom. The second-order valence-corrected chi connectivity index (χ2v) is 18.5. The highest BCUT2D eigenvalue weighted by Gasteiger charge is 2.17. The Labute approximate surface area is 420 Å². The number of anilines is 3. The van der Waals surface area contributed by atoms with E-state index in [0.29, 0.717) is 0 Å². The van der Waals surface area contributed by atoms with Gasteiger partial charge in [0.05, 0.1) is 11.0 Å². The van der Waals surface area contributed by atoms with Gasteiger partial charge in [-0.15, -0.1) is 0 Å². The molecule has 0 fully saturated rings. The van der Waals surface area contributed by atoms with Crippen molar-refractivity contribution >= 4 is 49.6 Å². The first kappa shape index (κ1) is 42.6. The first-order valence-corrected chi connectivity index (χ1v) is 24.7. The third kappa shape index (κ3) is 7.92. The number of hydrogen-bond donors (Lipinski definition) is 0. The molecule has 0 bridgehead atoms. The van der Waals surface area contributed by atoms with Crippen molar-refractivity contribution in [1.82, 2.24) is 4.57 Å². The molecule has 0 spiro atoms. The summed E-state index contributed by atoms with van der Waals surface area (Å²) in [7, 11) is 0. The molecule has 1 heterocycles. The minimum atomic E-state index is 1.08. The zero-order valence-corrected chi connectivity index (χ0v) is 39.6. The fraction of sp³-hybridized carbons (Fsp3) is 0. The van der Waals surface area contributed by atoms with E-state index in [9.17, 15) is 0 Å². The lowest BCUT2D eigenvalue weighted by Gasteiger charge is -2.26. The molecule has 0 aliphatic carbocycles. The van der Waals surface area contributed by atoms with Crippen molar-refractivity contribution in [3.63, 3.8) is 0 Å². The largest absolute Gasteiger partial charge is 0.310 e. The minimum absolute atomic E-state index is 1.08. The predicted molar refractivity (Wildman–Crippen MR) is 306 cm³/mol. The third-order valence-corrected chi connectivity index (χ3v) is 14.2. The van der Waals surface area contributed by atoms with Crippen LogP contribution in [0, 0.1) is 0 Å². The molecule has 12 aromatic carbocycles. The van der Waals surface area contributed by atoms with Gasteiger partial charge in [0, 0.05) is 33.5 Å². The van der Waals surface area contributed by atoms with E-state index in [1.807, 2.05) is 0 Å². The molecule has 1 aromatic heterocycles. The molecule has 0 radical (unpaired) electrons. The van der Waals surface area contributed by atoms with Crippen LogP contribution in [-0.2, 0) is 0 Å². The van der Waals surface area contributed by atoms with E-state index in [1.165, 1.54) is 88.2 Å². The van der Waals surface area contributed by atoms with Crippen molar-refractivity contribution in [2.45, 2.75) is 0 Å². The lowest BCUT2D eigenvalue weighted by atomic mass is 9.91. The summed E-state index contributed by atoms with van der Waals surface area (Å²) in [6.45, 7) is 0. The fourth-order valence-corrected chi connectivity index (χ4v) is 10.7. The van der Waals surface area contributed by atoms with Crippen LogP contribution in [0.5, 0.6) is 0 Å². The van der Waals surface area contributed by atoms with Gasteiger partial charge in [0.1, 0.15) is 0 Å². The van der Waals surface area contributed by atoms with E-state index >= 15 is 0 Å². The van der Waals surface area contributed by atoms with Crippen molar-refractivity contribution in [2.24, 2.45) is 0 Å². The van der Waals surface area contributed by atoms with E-state index in [1.54, 1.807) is 0 Å². The SMILES string of the molecule is c1ccc(-c2ccc(-c3ccc(N(c4ccc(-c5cccc6cccc(-c7ccccc7)c56)cc4)c4cccc(-c5ccc(-c6cccc(-n7c8ccccc8c8ccccc87)c6)cc5)c4)cc3)cc2)cc1. The van der Waals surface area contributed by atoms with E-state index in [0.717, 1.165) is 33.9 Å². The number of benzene rings is 12. The highest BCUT2D eigenvalue weighted by molar-refractivity contribution is 6.09. The molecule has 0 atom stereocenters. The maximum absolute atomic E-state index is 2.38. The fourth-order valence-electron chi connectivity index (χ4n) is 10.7. The number of aromatic nitrogens is 1. The Kier molecular flexibility index (Phi) is 10.9. The summed E-state index contributed by atoms with van der Waals surface area (Å²) in [5.41, 5.74) is 21.1. The van der Waals surface area contributed by atoms with Crippen LogP contribution in [0.4, 0.5) is 17.1 Å². The lowest BCUT2D eigenvalue weighted by molar-refractivity contribution is 1.18. The maximum Gasteiger partial charge on any atom is 0.0541 e. The van der Waals surface area contributed by atoms with Crippen LogP contribution in [0.2, 0.25) is 0 Å². The molecule has 0 aliphatic heterocycles.